The van der Waals surface area contributed by atoms with E-state index in [0.717, 1.165) is 41.5 Å². The zero-order valence-electron chi connectivity index (χ0n) is 14.0. The van der Waals surface area contributed by atoms with Crippen molar-refractivity contribution < 1.29 is 4.79 Å². The number of nitrogens with one attached hydrogen (secondary N) is 1. The van der Waals surface area contributed by atoms with Gasteiger partial charge in [-0.1, -0.05) is 37.5 Å². The first-order valence-electron chi connectivity index (χ1n) is 8.79. The minimum Gasteiger partial charge on any atom is -0.310 e. The third-order valence-corrected chi connectivity index (χ3v) is 6.08. The van der Waals surface area contributed by atoms with Crippen molar-refractivity contribution in [1.29, 1.82) is 0 Å². The quantitative estimate of drug-likeness (QED) is 0.897. The highest BCUT2D eigenvalue weighted by Gasteiger charge is 2.28. The molecule has 0 unspecified atom stereocenters. The van der Waals surface area contributed by atoms with E-state index < -0.39 is 0 Å². The molecule has 2 heterocycles. The maximum absolute atomic E-state index is 12.8. The van der Waals surface area contributed by atoms with Crippen molar-refractivity contribution in [1.82, 2.24) is 9.78 Å². The average Bonchev–Trinajstić information content (AvgIpc) is 3.19. The standard InChI is InChI=1S/C19H23N3OS/c1-13-7-5-6-10-17(13)22-18(15-11-24-12-16(15)21-22)20-19(23)14-8-3-2-4-9-14/h5-7,10,14H,2-4,8-9,11-12H2,1H3,(H,20,23). The van der Waals surface area contributed by atoms with E-state index in [1.807, 2.05) is 28.6 Å². The van der Waals surface area contributed by atoms with Gasteiger partial charge in [-0.15, -0.1) is 0 Å². The monoisotopic (exact) mass is 341 g/mol. The maximum Gasteiger partial charge on any atom is 0.228 e. The lowest BCUT2D eigenvalue weighted by atomic mass is 9.88. The molecule has 1 aromatic carbocycles. The Morgan fingerprint density at radius 3 is 2.79 bits per heavy atom. The number of aryl methyl sites for hydroxylation is 1. The van der Waals surface area contributed by atoms with E-state index in [4.69, 9.17) is 5.10 Å². The van der Waals surface area contributed by atoms with Crippen LogP contribution in [0.15, 0.2) is 24.3 Å². The lowest BCUT2D eigenvalue weighted by molar-refractivity contribution is -0.120. The van der Waals surface area contributed by atoms with E-state index in [9.17, 15) is 4.79 Å². The van der Waals surface area contributed by atoms with E-state index in [1.165, 1.54) is 30.4 Å². The molecule has 0 bridgehead atoms. The number of amides is 1. The third kappa shape index (κ3) is 2.86. The first-order valence-corrected chi connectivity index (χ1v) is 9.95. The van der Waals surface area contributed by atoms with Gasteiger partial charge >= 0.3 is 0 Å². The van der Waals surface area contributed by atoms with Crippen LogP contribution in [0.4, 0.5) is 5.82 Å². The number of carbonyl (C=O) groups excluding carboxylic acids is 1. The van der Waals surface area contributed by atoms with E-state index in [2.05, 4.69) is 24.4 Å². The fraction of sp³-hybridized carbons (Fsp3) is 0.474. The Bertz CT molecular complexity index is 762. The molecule has 1 aromatic heterocycles. The molecule has 4 nitrogen and oxygen atoms in total. The van der Waals surface area contributed by atoms with Gasteiger partial charge in [0.1, 0.15) is 5.82 Å². The van der Waals surface area contributed by atoms with Crippen molar-refractivity contribution in [2.75, 3.05) is 5.32 Å². The Labute approximate surface area is 147 Å². The van der Waals surface area contributed by atoms with Gasteiger partial charge in [-0.25, -0.2) is 4.68 Å². The van der Waals surface area contributed by atoms with Gasteiger partial charge in [0.15, 0.2) is 0 Å². The lowest BCUT2D eigenvalue weighted by Crippen LogP contribution is -2.26. The summed E-state index contributed by atoms with van der Waals surface area (Å²) in [6.07, 6.45) is 5.63. The summed E-state index contributed by atoms with van der Waals surface area (Å²) < 4.78 is 1.94. The van der Waals surface area contributed by atoms with E-state index in [0.29, 0.717) is 0 Å². The molecule has 1 N–H and O–H groups in total. The van der Waals surface area contributed by atoms with E-state index in [-0.39, 0.29) is 11.8 Å². The number of hydrogen-bond donors (Lipinski definition) is 1. The average molecular weight is 341 g/mol. The molecule has 1 amide bonds. The van der Waals surface area contributed by atoms with Gasteiger partial charge in [0, 0.05) is 23.0 Å². The van der Waals surface area contributed by atoms with Gasteiger partial charge < -0.3 is 5.32 Å². The smallest absolute Gasteiger partial charge is 0.228 e. The molecule has 2 aromatic rings. The normalized spacial score (nSPS) is 17.7. The minimum atomic E-state index is 0.156. The van der Waals surface area contributed by atoms with Crippen molar-refractivity contribution >= 4 is 23.5 Å². The number of aromatic nitrogens is 2. The topological polar surface area (TPSA) is 46.9 Å². The fourth-order valence-corrected chi connectivity index (χ4v) is 4.74. The SMILES string of the molecule is Cc1ccccc1-n1nc2c(c1NC(=O)C1CCCCC1)CSC2. The number of anilines is 1. The Balaban J connectivity index is 1.69. The van der Waals surface area contributed by atoms with Crippen molar-refractivity contribution in [3.8, 4) is 5.69 Å². The number of rotatable bonds is 3. The molecule has 0 radical (unpaired) electrons. The second-order valence-corrected chi connectivity index (χ2v) is 7.77. The van der Waals surface area contributed by atoms with Gasteiger partial charge in [-0.2, -0.15) is 16.9 Å². The van der Waals surface area contributed by atoms with Crippen LogP contribution in [-0.4, -0.2) is 15.7 Å². The summed E-state index contributed by atoms with van der Waals surface area (Å²) >= 11 is 1.87. The van der Waals surface area contributed by atoms with Crippen LogP contribution < -0.4 is 5.32 Å². The van der Waals surface area contributed by atoms with E-state index in [1.54, 1.807) is 0 Å². The first-order chi connectivity index (χ1) is 11.7. The predicted octanol–water partition coefficient (Wildman–Crippen LogP) is 4.45. The van der Waals surface area contributed by atoms with Crippen LogP contribution in [0, 0.1) is 12.8 Å². The molecule has 1 fully saturated rings. The molecule has 24 heavy (non-hydrogen) atoms. The number of carbonyl (C=O) groups is 1. The Morgan fingerprint density at radius 2 is 2.00 bits per heavy atom. The number of hydrogen-bond acceptors (Lipinski definition) is 3. The fourth-order valence-electron chi connectivity index (χ4n) is 3.70. The molecule has 1 aliphatic heterocycles. The highest BCUT2D eigenvalue weighted by atomic mass is 32.2. The Kier molecular flexibility index (Phi) is 4.35. The van der Waals surface area contributed by atoms with Crippen LogP contribution in [0.2, 0.25) is 0 Å². The third-order valence-electron chi connectivity index (χ3n) is 5.11. The summed E-state index contributed by atoms with van der Waals surface area (Å²) in [7, 11) is 0. The molecule has 1 saturated carbocycles. The second kappa shape index (κ2) is 6.63. The predicted molar refractivity (Wildman–Crippen MR) is 98.5 cm³/mol. The molecule has 1 aliphatic carbocycles. The molecule has 5 heteroatoms. The molecular formula is C19H23N3OS. The van der Waals surface area contributed by atoms with Gasteiger partial charge in [-0.3, -0.25) is 4.79 Å². The van der Waals surface area contributed by atoms with Crippen LogP contribution in [-0.2, 0) is 16.3 Å². The van der Waals surface area contributed by atoms with Crippen LogP contribution in [0.25, 0.3) is 5.69 Å². The highest BCUT2D eigenvalue weighted by Crippen LogP contribution is 2.37. The highest BCUT2D eigenvalue weighted by molar-refractivity contribution is 7.98. The van der Waals surface area contributed by atoms with E-state index >= 15 is 0 Å². The molecule has 0 atom stereocenters. The summed E-state index contributed by atoms with van der Waals surface area (Å²) in [5.41, 5.74) is 4.53. The van der Waals surface area contributed by atoms with Gasteiger partial charge in [0.2, 0.25) is 5.91 Å². The molecule has 0 spiro atoms. The Morgan fingerprint density at radius 1 is 1.21 bits per heavy atom. The van der Waals surface area contributed by atoms with Gasteiger partial charge in [-0.05, 0) is 31.4 Å². The van der Waals surface area contributed by atoms with Crippen LogP contribution in [0.1, 0.15) is 48.9 Å². The first kappa shape index (κ1) is 15.8. The molecule has 126 valence electrons. The van der Waals surface area contributed by atoms with Crippen LogP contribution in [0.5, 0.6) is 0 Å². The number of benzene rings is 1. The van der Waals surface area contributed by atoms with Gasteiger partial charge in [0.05, 0.1) is 11.4 Å². The summed E-state index contributed by atoms with van der Waals surface area (Å²) in [4.78, 5) is 12.8. The zero-order chi connectivity index (χ0) is 16.5. The zero-order valence-corrected chi connectivity index (χ0v) is 14.9. The minimum absolute atomic E-state index is 0.156. The largest absolute Gasteiger partial charge is 0.310 e. The summed E-state index contributed by atoms with van der Waals surface area (Å²) in [5, 5.41) is 8.04. The summed E-state index contributed by atoms with van der Waals surface area (Å²) in [6, 6.07) is 8.22. The number of fused-ring (bicyclic) bond motifs is 1. The summed E-state index contributed by atoms with van der Waals surface area (Å²) in [5.74, 6) is 3.08. The second-order valence-electron chi connectivity index (χ2n) is 6.79. The van der Waals surface area contributed by atoms with Crippen LogP contribution >= 0.6 is 11.8 Å². The summed E-state index contributed by atoms with van der Waals surface area (Å²) in [6.45, 7) is 2.09. The number of thioether (sulfide) groups is 1. The van der Waals surface area contributed by atoms with Gasteiger partial charge in [0.25, 0.3) is 0 Å². The van der Waals surface area contributed by atoms with Crippen LogP contribution in [0.3, 0.4) is 0 Å². The Hall–Kier alpha value is -1.75. The molecule has 0 saturated heterocycles. The number of para-hydroxylation sites is 1. The van der Waals surface area contributed by atoms with Crippen molar-refractivity contribution in [2.24, 2.45) is 5.92 Å². The molecule has 2 aliphatic rings. The lowest BCUT2D eigenvalue weighted by Gasteiger charge is -2.21. The maximum atomic E-state index is 12.8. The van der Waals surface area contributed by atoms with Crippen molar-refractivity contribution in [2.45, 2.75) is 50.5 Å². The van der Waals surface area contributed by atoms with Crippen molar-refractivity contribution in [3.05, 3.63) is 41.1 Å². The van der Waals surface area contributed by atoms with Crippen molar-refractivity contribution in [3.63, 3.8) is 0 Å². The molecular weight excluding hydrogens is 318 g/mol. The molecule has 4 rings (SSSR count). The number of nitrogens with zero attached hydrogens (tertiary/aromatic N) is 2.